The van der Waals surface area contributed by atoms with Crippen LogP contribution in [0.2, 0.25) is 0 Å². The van der Waals surface area contributed by atoms with Crippen LogP contribution in [0.3, 0.4) is 0 Å². The first-order valence-electron chi connectivity index (χ1n) is 8.73. The molecule has 0 aromatic carbocycles. The molecule has 1 aliphatic heterocycles. The van der Waals surface area contributed by atoms with Gasteiger partial charge >= 0.3 is 0 Å². The predicted molar refractivity (Wildman–Crippen MR) is 103 cm³/mol. The van der Waals surface area contributed by atoms with Crippen molar-refractivity contribution in [3.05, 3.63) is 33.5 Å². The summed E-state index contributed by atoms with van der Waals surface area (Å²) in [5.41, 5.74) is 1.01. The Hall–Kier alpha value is -1.28. The second kappa shape index (κ2) is 8.89. The van der Waals surface area contributed by atoms with E-state index in [9.17, 15) is 4.79 Å². The lowest BCUT2D eigenvalue weighted by atomic mass is 10.2. The van der Waals surface area contributed by atoms with Crippen molar-refractivity contribution < 1.29 is 9.53 Å². The first-order valence-corrected chi connectivity index (χ1v) is 10.5. The number of hydrogen-bond acceptors (Lipinski definition) is 6. The summed E-state index contributed by atoms with van der Waals surface area (Å²) < 4.78 is 5.76. The fourth-order valence-electron chi connectivity index (χ4n) is 3.14. The van der Waals surface area contributed by atoms with Crippen molar-refractivity contribution in [1.82, 2.24) is 9.88 Å². The fraction of sp³-hybridized carbons (Fsp3) is 0.556. The highest BCUT2D eigenvalue weighted by Crippen LogP contribution is 2.20. The molecule has 7 heteroatoms. The van der Waals surface area contributed by atoms with Crippen molar-refractivity contribution in [3.8, 4) is 0 Å². The molecule has 2 aromatic heterocycles. The lowest BCUT2D eigenvalue weighted by molar-refractivity contribution is -0.116. The van der Waals surface area contributed by atoms with Crippen LogP contribution in [0.5, 0.6) is 0 Å². The lowest BCUT2D eigenvalue weighted by Gasteiger charge is -2.34. The van der Waals surface area contributed by atoms with Gasteiger partial charge in [0.15, 0.2) is 5.13 Å². The summed E-state index contributed by atoms with van der Waals surface area (Å²) in [5, 5.41) is 7.73. The number of ether oxygens (including phenoxy) is 1. The van der Waals surface area contributed by atoms with Crippen molar-refractivity contribution in [2.45, 2.75) is 51.9 Å². The number of nitrogens with zero attached hydrogens (tertiary/aromatic N) is 2. The average molecular weight is 380 g/mol. The molecule has 0 spiro atoms. The number of aromatic nitrogens is 1. The number of nitrogens with one attached hydrogen (secondary N) is 1. The number of morpholine rings is 1. The first kappa shape index (κ1) is 18.5. The Bertz CT molecular complexity index is 662. The minimum absolute atomic E-state index is 0.0473. The number of carbonyl (C=O) groups is 1. The molecular formula is C18H25N3O2S2. The molecule has 0 radical (unpaired) electrons. The zero-order chi connectivity index (χ0) is 17.6. The molecule has 0 bridgehead atoms. The van der Waals surface area contributed by atoms with Crippen LogP contribution < -0.4 is 5.32 Å². The van der Waals surface area contributed by atoms with Gasteiger partial charge in [-0.05, 0) is 38.1 Å². The zero-order valence-corrected chi connectivity index (χ0v) is 16.4. The molecule has 1 fully saturated rings. The van der Waals surface area contributed by atoms with Crippen molar-refractivity contribution in [2.24, 2.45) is 0 Å². The quantitative estimate of drug-likeness (QED) is 0.795. The Balaban J connectivity index is 1.42. The molecule has 1 aliphatic rings. The highest BCUT2D eigenvalue weighted by molar-refractivity contribution is 7.13. The third kappa shape index (κ3) is 5.88. The minimum atomic E-state index is 0.0473. The smallest absolute Gasteiger partial charge is 0.226 e. The van der Waals surface area contributed by atoms with E-state index in [0.29, 0.717) is 11.6 Å². The van der Waals surface area contributed by atoms with E-state index in [-0.39, 0.29) is 18.1 Å². The highest BCUT2D eigenvalue weighted by atomic mass is 32.1. The molecule has 2 aromatic rings. The molecule has 1 saturated heterocycles. The Kier molecular flexibility index (Phi) is 6.58. The van der Waals surface area contributed by atoms with Crippen molar-refractivity contribution in [1.29, 1.82) is 0 Å². The van der Waals surface area contributed by atoms with Gasteiger partial charge in [0, 0.05) is 36.3 Å². The van der Waals surface area contributed by atoms with Gasteiger partial charge in [0.05, 0.1) is 17.9 Å². The number of thiazole rings is 1. The van der Waals surface area contributed by atoms with Crippen molar-refractivity contribution in [2.75, 3.05) is 18.4 Å². The third-order valence-corrected chi connectivity index (χ3v) is 5.83. The Morgan fingerprint density at radius 1 is 1.36 bits per heavy atom. The Morgan fingerprint density at radius 2 is 2.16 bits per heavy atom. The van der Waals surface area contributed by atoms with Gasteiger partial charge in [-0.3, -0.25) is 9.69 Å². The van der Waals surface area contributed by atoms with Crippen LogP contribution >= 0.6 is 22.7 Å². The van der Waals surface area contributed by atoms with Crippen LogP contribution in [0.25, 0.3) is 0 Å². The second-order valence-corrected chi connectivity index (χ2v) is 8.47. The monoisotopic (exact) mass is 379 g/mol. The van der Waals surface area contributed by atoms with E-state index in [4.69, 9.17) is 4.74 Å². The van der Waals surface area contributed by atoms with E-state index in [0.717, 1.165) is 38.2 Å². The van der Waals surface area contributed by atoms with Crippen molar-refractivity contribution >= 4 is 33.7 Å². The van der Waals surface area contributed by atoms with E-state index in [2.05, 4.69) is 40.5 Å². The Morgan fingerprint density at radius 3 is 2.88 bits per heavy atom. The molecule has 3 rings (SSSR count). The van der Waals surface area contributed by atoms with E-state index >= 15 is 0 Å². The number of carbonyl (C=O) groups excluding carboxylic acids is 1. The van der Waals surface area contributed by atoms with Crippen LogP contribution in [0, 0.1) is 0 Å². The molecule has 0 aliphatic carbocycles. The number of aryl methyl sites for hydroxylation is 1. The normalized spacial score (nSPS) is 21.4. The Labute approximate surface area is 157 Å². The summed E-state index contributed by atoms with van der Waals surface area (Å²) in [6.45, 7) is 6.86. The summed E-state index contributed by atoms with van der Waals surface area (Å²) in [6, 6.07) is 4.16. The van der Waals surface area contributed by atoms with Crippen LogP contribution in [-0.4, -0.2) is 41.1 Å². The number of anilines is 1. The molecule has 25 heavy (non-hydrogen) atoms. The number of amides is 1. The van der Waals surface area contributed by atoms with Crippen LogP contribution in [0.15, 0.2) is 22.9 Å². The maximum atomic E-state index is 12.1. The van der Waals surface area contributed by atoms with Gasteiger partial charge in [-0.15, -0.1) is 22.7 Å². The lowest BCUT2D eigenvalue weighted by Crippen LogP contribution is -2.44. The number of hydrogen-bond donors (Lipinski definition) is 1. The standard InChI is InChI=1S/C18H25N3O2S2/c1-13-9-21(10-14(2)23-13)11-15-12-25-18(19-15)20-17(22)7-3-5-16-6-4-8-24-16/h4,6,8,12-14H,3,5,7,9-11H2,1-2H3,(H,19,20,22)/t13-,14+. The minimum Gasteiger partial charge on any atom is -0.373 e. The molecule has 1 N–H and O–H groups in total. The van der Waals surface area contributed by atoms with Gasteiger partial charge < -0.3 is 10.1 Å². The van der Waals surface area contributed by atoms with E-state index in [1.807, 2.05) is 11.4 Å². The first-order chi connectivity index (χ1) is 12.1. The molecule has 0 saturated carbocycles. The average Bonchev–Trinajstić information content (AvgIpc) is 3.18. The van der Waals surface area contributed by atoms with Gasteiger partial charge in [0.1, 0.15) is 0 Å². The van der Waals surface area contributed by atoms with Crippen molar-refractivity contribution in [3.63, 3.8) is 0 Å². The molecular weight excluding hydrogens is 354 g/mol. The molecule has 3 heterocycles. The maximum Gasteiger partial charge on any atom is 0.226 e. The summed E-state index contributed by atoms with van der Waals surface area (Å²) in [7, 11) is 0. The largest absolute Gasteiger partial charge is 0.373 e. The van der Waals surface area contributed by atoms with E-state index in [1.165, 1.54) is 16.2 Å². The second-order valence-electron chi connectivity index (χ2n) is 6.58. The third-order valence-electron chi connectivity index (χ3n) is 4.09. The summed E-state index contributed by atoms with van der Waals surface area (Å²) >= 11 is 3.24. The highest BCUT2D eigenvalue weighted by Gasteiger charge is 2.22. The number of thiophene rings is 1. The van der Waals surface area contributed by atoms with Gasteiger partial charge in [-0.25, -0.2) is 4.98 Å². The topological polar surface area (TPSA) is 54.5 Å². The number of rotatable bonds is 7. The SMILES string of the molecule is C[C@@H]1CN(Cc2csc(NC(=O)CCCc3cccs3)n2)C[C@H](C)O1. The van der Waals surface area contributed by atoms with Gasteiger partial charge in [-0.1, -0.05) is 6.07 Å². The zero-order valence-electron chi connectivity index (χ0n) is 14.7. The van der Waals surface area contributed by atoms with Gasteiger partial charge in [0.25, 0.3) is 0 Å². The van der Waals surface area contributed by atoms with Crippen LogP contribution in [-0.2, 0) is 22.5 Å². The van der Waals surface area contributed by atoms with Crippen LogP contribution in [0.4, 0.5) is 5.13 Å². The molecule has 5 nitrogen and oxygen atoms in total. The summed E-state index contributed by atoms with van der Waals surface area (Å²) in [4.78, 5) is 20.3. The molecule has 0 unspecified atom stereocenters. The fourth-order valence-corrected chi connectivity index (χ4v) is 4.61. The summed E-state index contributed by atoms with van der Waals surface area (Å²) in [5.74, 6) is 0.0473. The van der Waals surface area contributed by atoms with E-state index in [1.54, 1.807) is 11.3 Å². The van der Waals surface area contributed by atoms with Crippen LogP contribution in [0.1, 0.15) is 37.3 Å². The molecule has 1 amide bonds. The maximum absolute atomic E-state index is 12.1. The van der Waals surface area contributed by atoms with E-state index < -0.39 is 0 Å². The van der Waals surface area contributed by atoms with Gasteiger partial charge in [-0.2, -0.15) is 0 Å². The predicted octanol–water partition coefficient (Wildman–Crippen LogP) is 3.78. The summed E-state index contributed by atoms with van der Waals surface area (Å²) in [6.07, 6.45) is 2.87. The van der Waals surface area contributed by atoms with Gasteiger partial charge in [0.2, 0.25) is 5.91 Å². The molecule has 2 atom stereocenters. The molecule has 136 valence electrons.